The molecule has 1 atom stereocenters. The van der Waals surface area contributed by atoms with E-state index in [1.807, 2.05) is 25.4 Å². The number of carboxylic acids is 1. The lowest BCUT2D eigenvalue weighted by Crippen LogP contribution is -2.12. The molecule has 1 aromatic carbocycles. The van der Waals surface area contributed by atoms with Crippen LogP contribution < -0.4 is 0 Å². The zero-order valence-electron chi connectivity index (χ0n) is 11.5. The SMILES string of the molecule is CC(Cc1ccc2c(c1)c1cnccc1n2C)C(=O)O. The third-order valence-electron chi connectivity index (χ3n) is 3.84. The number of aliphatic carboxylic acids is 1. The Bertz CT molecular complexity index is 805. The summed E-state index contributed by atoms with van der Waals surface area (Å²) in [5.74, 6) is -1.13. The zero-order chi connectivity index (χ0) is 14.3. The molecule has 0 bridgehead atoms. The first kappa shape index (κ1) is 12.7. The van der Waals surface area contributed by atoms with Gasteiger partial charge in [-0.15, -0.1) is 0 Å². The van der Waals surface area contributed by atoms with Crippen LogP contribution in [-0.2, 0) is 18.3 Å². The maximum atomic E-state index is 11.0. The van der Waals surface area contributed by atoms with Crippen LogP contribution in [0.2, 0.25) is 0 Å². The minimum Gasteiger partial charge on any atom is -0.481 e. The molecule has 2 heterocycles. The second kappa shape index (κ2) is 4.63. The summed E-state index contributed by atoms with van der Waals surface area (Å²) in [7, 11) is 2.03. The van der Waals surface area contributed by atoms with Gasteiger partial charge in [0.15, 0.2) is 0 Å². The van der Waals surface area contributed by atoms with Crippen LogP contribution in [-0.4, -0.2) is 20.6 Å². The largest absolute Gasteiger partial charge is 0.481 e. The smallest absolute Gasteiger partial charge is 0.306 e. The molecule has 0 spiro atoms. The predicted molar refractivity (Wildman–Crippen MR) is 78.7 cm³/mol. The first-order valence-electron chi connectivity index (χ1n) is 6.62. The number of hydrogen-bond acceptors (Lipinski definition) is 2. The number of aromatic nitrogens is 2. The van der Waals surface area contributed by atoms with Gasteiger partial charge < -0.3 is 9.67 Å². The molecule has 2 aromatic heterocycles. The average Bonchev–Trinajstić information content (AvgIpc) is 2.73. The van der Waals surface area contributed by atoms with Crippen LogP contribution in [0, 0.1) is 5.92 Å². The maximum Gasteiger partial charge on any atom is 0.306 e. The van der Waals surface area contributed by atoms with E-state index in [9.17, 15) is 4.79 Å². The van der Waals surface area contributed by atoms with Gasteiger partial charge in [-0.3, -0.25) is 9.78 Å². The number of fused-ring (bicyclic) bond motifs is 3. The van der Waals surface area contributed by atoms with Crippen LogP contribution in [0.5, 0.6) is 0 Å². The lowest BCUT2D eigenvalue weighted by Gasteiger charge is -2.06. The molecule has 1 N–H and O–H groups in total. The molecule has 3 aromatic rings. The normalized spacial score (nSPS) is 12.9. The molecule has 3 rings (SSSR count). The topological polar surface area (TPSA) is 55.1 Å². The summed E-state index contributed by atoms with van der Waals surface area (Å²) in [6.07, 6.45) is 4.19. The molecule has 0 fully saturated rings. The lowest BCUT2D eigenvalue weighted by atomic mass is 10.00. The molecule has 0 amide bonds. The van der Waals surface area contributed by atoms with E-state index in [2.05, 4.69) is 21.7 Å². The third kappa shape index (κ3) is 1.93. The van der Waals surface area contributed by atoms with Crippen molar-refractivity contribution in [1.29, 1.82) is 0 Å². The fraction of sp³-hybridized carbons (Fsp3) is 0.250. The number of pyridine rings is 1. The van der Waals surface area contributed by atoms with Crippen molar-refractivity contribution in [2.75, 3.05) is 0 Å². The lowest BCUT2D eigenvalue weighted by molar-refractivity contribution is -0.141. The summed E-state index contributed by atoms with van der Waals surface area (Å²) in [4.78, 5) is 15.2. The fourth-order valence-electron chi connectivity index (χ4n) is 2.68. The number of nitrogens with zero attached hydrogens (tertiary/aromatic N) is 2. The molecule has 4 heteroatoms. The summed E-state index contributed by atoms with van der Waals surface area (Å²) in [6, 6.07) is 8.14. The van der Waals surface area contributed by atoms with Crippen LogP contribution in [0.25, 0.3) is 21.8 Å². The van der Waals surface area contributed by atoms with Crippen molar-refractivity contribution >= 4 is 27.8 Å². The molecule has 0 saturated heterocycles. The second-order valence-corrected chi connectivity index (χ2v) is 5.25. The van der Waals surface area contributed by atoms with E-state index in [1.165, 1.54) is 0 Å². The van der Waals surface area contributed by atoms with Crippen molar-refractivity contribution < 1.29 is 9.90 Å². The van der Waals surface area contributed by atoms with Crippen LogP contribution in [0.4, 0.5) is 0 Å². The third-order valence-corrected chi connectivity index (χ3v) is 3.84. The van der Waals surface area contributed by atoms with E-state index in [-0.39, 0.29) is 5.92 Å². The number of carboxylic acid groups (broad SMARTS) is 1. The number of rotatable bonds is 3. The van der Waals surface area contributed by atoms with Gasteiger partial charge in [0.05, 0.1) is 11.4 Å². The standard InChI is InChI=1S/C16H16N2O2/c1-10(16(19)20)7-11-3-4-14-12(8-11)13-9-17-6-5-15(13)18(14)2/h3-6,8-10H,7H2,1-2H3,(H,19,20). The Hall–Kier alpha value is -2.36. The van der Waals surface area contributed by atoms with Crippen LogP contribution in [0.3, 0.4) is 0 Å². The van der Waals surface area contributed by atoms with Crippen molar-refractivity contribution in [2.45, 2.75) is 13.3 Å². The highest BCUT2D eigenvalue weighted by molar-refractivity contribution is 6.07. The van der Waals surface area contributed by atoms with E-state index >= 15 is 0 Å². The number of benzene rings is 1. The molecule has 0 aliphatic rings. The van der Waals surface area contributed by atoms with Gasteiger partial charge in [-0.05, 0) is 30.2 Å². The number of hydrogen-bond donors (Lipinski definition) is 1. The van der Waals surface area contributed by atoms with Gasteiger partial charge in [0, 0.05) is 35.7 Å². The summed E-state index contributed by atoms with van der Waals surface area (Å²) in [6.45, 7) is 1.73. The molecule has 102 valence electrons. The predicted octanol–water partition coefficient (Wildman–Crippen LogP) is 2.99. The summed E-state index contributed by atoms with van der Waals surface area (Å²) in [5, 5.41) is 11.3. The molecule has 4 nitrogen and oxygen atoms in total. The Morgan fingerprint density at radius 3 is 2.80 bits per heavy atom. The van der Waals surface area contributed by atoms with E-state index in [0.29, 0.717) is 6.42 Å². The highest BCUT2D eigenvalue weighted by Crippen LogP contribution is 2.28. The minimum absolute atomic E-state index is 0.374. The van der Waals surface area contributed by atoms with E-state index < -0.39 is 5.97 Å². The Morgan fingerprint density at radius 2 is 2.05 bits per heavy atom. The quantitative estimate of drug-likeness (QED) is 0.794. The first-order chi connectivity index (χ1) is 9.58. The van der Waals surface area contributed by atoms with Crippen molar-refractivity contribution in [3.05, 3.63) is 42.2 Å². The second-order valence-electron chi connectivity index (χ2n) is 5.25. The van der Waals surface area contributed by atoms with Gasteiger partial charge in [0.25, 0.3) is 0 Å². The van der Waals surface area contributed by atoms with Crippen molar-refractivity contribution in [2.24, 2.45) is 13.0 Å². The van der Waals surface area contributed by atoms with Crippen LogP contribution in [0.15, 0.2) is 36.7 Å². The van der Waals surface area contributed by atoms with Crippen molar-refractivity contribution in [1.82, 2.24) is 9.55 Å². The van der Waals surface area contributed by atoms with E-state index in [4.69, 9.17) is 5.11 Å². The van der Waals surface area contributed by atoms with Crippen LogP contribution >= 0.6 is 0 Å². The Morgan fingerprint density at radius 1 is 1.30 bits per heavy atom. The molecular formula is C16H16N2O2. The van der Waals surface area contributed by atoms with Crippen molar-refractivity contribution in [3.8, 4) is 0 Å². The Labute approximate surface area is 116 Å². The van der Waals surface area contributed by atoms with Gasteiger partial charge in [-0.1, -0.05) is 13.0 Å². The fourth-order valence-corrected chi connectivity index (χ4v) is 2.68. The molecule has 0 radical (unpaired) electrons. The Balaban J connectivity index is 2.15. The van der Waals surface area contributed by atoms with Gasteiger partial charge in [-0.25, -0.2) is 0 Å². The van der Waals surface area contributed by atoms with E-state index in [1.54, 1.807) is 13.1 Å². The molecule has 1 unspecified atom stereocenters. The number of aryl methyl sites for hydroxylation is 1. The minimum atomic E-state index is -0.760. The molecule has 0 aliphatic heterocycles. The molecule has 0 saturated carbocycles. The summed E-state index contributed by atoms with van der Waals surface area (Å²) < 4.78 is 2.14. The molecular weight excluding hydrogens is 252 g/mol. The molecule has 20 heavy (non-hydrogen) atoms. The van der Waals surface area contributed by atoms with Crippen molar-refractivity contribution in [3.63, 3.8) is 0 Å². The first-order valence-corrected chi connectivity index (χ1v) is 6.62. The zero-order valence-corrected chi connectivity index (χ0v) is 11.5. The Kier molecular flexibility index (Phi) is 2.93. The summed E-state index contributed by atoms with van der Waals surface area (Å²) in [5.41, 5.74) is 3.32. The maximum absolute atomic E-state index is 11.0. The summed E-state index contributed by atoms with van der Waals surface area (Å²) >= 11 is 0. The highest BCUT2D eigenvalue weighted by atomic mass is 16.4. The van der Waals surface area contributed by atoms with Gasteiger partial charge in [0.1, 0.15) is 0 Å². The molecule has 0 aliphatic carbocycles. The van der Waals surface area contributed by atoms with E-state index in [0.717, 1.165) is 27.4 Å². The average molecular weight is 268 g/mol. The van der Waals surface area contributed by atoms with Crippen LogP contribution in [0.1, 0.15) is 12.5 Å². The van der Waals surface area contributed by atoms with Gasteiger partial charge in [0.2, 0.25) is 0 Å². The van der Waals surface area contributed by atoms with Gasteiger partial charge >= 0.3 is 5.97 Å². The highest BCUT2D eigenvalue weighted by Gasteiger charge is 2.13. The number of carbonyl (C=O) groups is 1. The monoisotopic (exact) mass is 268 g/mol. The van der Waals surface area contributed by atoms with Gasteiger partial charge in [-0.2, -0.15) is 0 Å².